The van der Waals surface area contributed by atoms with Gasteiger partial charge in [-0.25, -0.2) is 12.8 Å². The molecule has 1 rings (SSSR count). The molecule has 1 N–H and O–H groups in total. The number of carbonyl (C=O) groups is 1. The highest BCUT2D eigenvalue weighted by atomic mass is 32.2. The Balaban J connectivity index is 3.19. The number of aliphatic carboxylic acids is 1. The summed E-state index contributed by atoms with van der Waals surface area (Å²) in [6.07, 6.45) is 0. The third-order valence-corrected chi connectivity index (χ3v) is 4.62. The molecule has 0 amide bonds. The van der Waals surface area contributed by atoms with Crippen molar-refractivity contribution in [3.8, 4) is 0 Å². The van der Waals surface area contributed by atoms with Crippen molar-refractivity contribution >= 4 is 16.0 Å². The average Bonchev–Trinajstić information content (AvgIpc) is 2.28. The van der Waals surface area contributed by atoms with Crippen molar-refractivity contribution in [2.45, 2.75) is 24.8 Å². The van der Waals surface area contributed by atoms with Gasteiger partial charge in [0.05, 0.1) is 4.90 Å². The second-order valence-corrected chi connectivity index (χ2v) is 6.50. The van der Waals surface area contributed by atoms with E-state index in [-0.39, 0.29) is 4.90 Å². The lowest BCUT2D eigenvalue weighted by Gasteiger charge is -2.26. The van der Waals surface area contributed by atoms with E-state index in [0.29, 0.717) is 0 Å². The third-order valence-electron chi connectivity index (χ3n) is 2.77. The number of hydrogen-bond donors (Lipinski definition) is 1. The maximum absolute atomic E-state index is 12.8. The number of likely N-dealkylation sites (N-methyl/N-ethyl adjacent to an activating group) is 1. The summed E-state index contributed by atoms with van der Waals surface area (Å²) in [7, 11) is -2.75. The SMILES string of the molecule is CC(C)[C@@H](C(=O)O)N(C)S(=O)(=O)c1ccc(F)cc1. The standard InChI is InChI=1S/C12H16FNO4S/c1-8(2)11(12(15)16)14(3)19(17,18)10-6-4-9(13)5-7-10/h4-8,11H,1-3H3,(H,15,16)/t11-/m0/s1. The van der Waals surface area contributed by atoms with E-state index in [4.69, 9.17) is 5.11 Å². The van der Waals surface area contributed by atoms with Gasteiger partial charge in [0.15, 0.2) is 0 Å². The van der Waals surface area contributed by atoms with E-state index in [1.165, 1.54) is 7.05 Å². The number of rotatable bonds is 5. The van der Waals surface area contributed by atoms with Gasteiger partial charge in [0.2, 0.25) is 10.0 Å². The van der Waals surface area contributed by atoms with E-state index in [0.717, 1.165) is 28.6 Å². The summed E-state index contributed by atoms with van der Waals surface area (Å²) < 4.78 is 38.1. The minimum atomic E-state index is -3.96. The summed E-state index contributed by atoms with van der Waals surface area (Å²) in [5, 5.41) is 9.10. The molecule has 0 aromatic heterocycles. The molecule has 106 valence electrons. The zero-order valence-corrected chi connectivity index (χ0v) is 11.7. The molecule has 0 saturated carbocycles. The van der Waals surface area contributed by atoms with Crippen molar-refractivity contribution < 1.29 is 22.7 Å². The average molecular weight is 289 g/mol. The number of benzene rings is 1. The molecule has 0 radical (unpaired) electrons. The molecule has 0 aliphatic carbocycles. The van der Waals surface area contributed by atoms with E-state index in [9.17, 15) is 17.6 Å². The summed E-state index contributed by atoms with van der Waals surface area (Å²) in [5.41, 5.74) is 0. The first-order chi connectivity index (χ1) is 8.67. The van der Waals surface area contributed by atoms with Gasteiger partial charge in [-0.05, 0) is 30.2 Å². The highest BCUT2D eigenvalue weighted by Crippen LogP contribution is 2.20. The van der Waals surface area contributed by atoms with Gasteiger partial charge in [0.1, 0.15) is 11.9 Å². The lowest BCUT2D eigenvalue weighted by Crippen LogP contribution is -2.45. The summed E-state index contributed by atoms with van der Waals surface area (Å²) in [6, 6.07) is 3.09. The zero-order valence-electron chi connectivity index (χ0n) is 10.9. The van der Waals surface area contributed by atoms with E-state index in [1.54, 1.807) is 13.8 Å². The molecule has 5 nitrogen and oxygen atoms in total. The molecule has 7 heteroatoms. The quantitative estimate of drug-likeness (QED) is 0.892. The first-order valence-electron chi connectivity index (χ1n) is 5.64. The Labute approximate surface area is 111 Å². The molecule has 0 fully saturated rings. The smallest absolute Gasteiger partial charge is 0.322 e. The van der Waals surface area contributed by atoms with Crippen molar-refractivity contribution in [2.24, 2.45) is 5.92 Å². The Kier molecular flexibility index (Phi) is 4.65. The molecule has 0 unspecified atom stereocenters. The van der Waals surface area contributed by atoms with Crippen LogP contribution in [0.3, 0.4) is 0 Å². The largest absolute Gasteiger partial charge is 0.480 e. The summed E-state index contributed by atoms with van der Waals surface area (Å²) in [5.74, 6) is -2.17. The highest BCUT2D eigenvalue weighted by molar-refractivity contribution is 7.89. The van der Waals surface area contributed by atoms with Gasteiger partial charge in [-0.2, -0.15) is 4.31 Å². The van der Waals surface area contributed by atoms with Gasteiger partial charge < -0.3 is 5.11 Å². The summed E-state index contributed by atoms with van der Waals surface area (Å²) in [6.45, 7) is 3.24. The molecule has 0 spiro atoms. The Hall–Kier alpha value is -1.47. The number of nitrogens with zero attached hydrogens (tertiary/aromatic N) is 1. The maximum Gasteiger partial charge on any atom is 0.322 e. The molecule has 0 heterocycles. The van der Waals surface area contributed by atoms with Crippen LogP contribution in [0, 0.1) is 11.7 Å². The van der Waals surface area contributed by atoms with E-state index < -0.39 is 33.8 Å². The van der Waals surface area contributed by atoms with Crippen LogP contribution in [0.15, 0.2) is 29.2 Å². The van der Waals surface area contributed by atoms with Crippen molar-refractivity contribution in [3.63, 3.8) is 0 Å². The third kappa shape index (κ3) is 3.30. The second kappa shape index (κ2) is 5.66. The van der Waals surface area contributed by atoms with Gasteiger partial charge in [-0.15, -0.1) is 0 Å². The van der Waals surface area contributed by atoms with Crippen molar-refractivity contribution in [1.29, 1.82) is 0 Å². The molecular weight excluding hydrogens is 273 g/mol. The number of halogens is 1. The summed E-state index contributed by atoms with van der Waals surface area (Å²) in [4.78, 5) is 11.0. The van der Waals surface area contributed by atoms with Crippen molar-refractivity contribution in [3.05, 3.63) is 30.1 Å². The van der Waals surface area contributed by atoms with E-state index >= 15 is 0 Å². The lowest BCUT2D eigenvalue weighted by molar-refractivity contribution is -0.142. The van der Waals surface area contributed by atoms with Crippen LogP contribution >= 0.6 is 0 Å². The predicted molar refractivity (Wildman–Crippen MR) is 67.6 cm³/mol. The Morgan fingerprint density at radius 3 is 2.11 bits per heavy atom. The molecule has 1 aromatic rings. The van der Waals surface area contributed by atoms with Crippen molar-refractivity contribution in [2.75, 3.05) is 7.05 Å². The number of hydrogen-bond acceptors (Lipinski definition) is 3. The van der Waals surface area contributed by atoms with E-state index in [2.05, 4.69) is 0 Å². The van der Waals surface area contributed by atoms with Crippen LogP contribution in [-0.2, 0) is 14.8 Å². The van der Waals surface area contributed by atoms with Gasteiger partial charge in [0.25, 0.3) is 0 Å². The first kappa shape index (κ1) is 15.6. The van der Waals surface area contributed by atoms with Gasteiger partial charge in [0, 0.05) is 7.05 Å². The number of carboxylic acids is 1. The molecule has 0 aliphatic rings. The van der Waals surface area contributed by atoms with Crippen LogP contribution in [0.2, 0.25) is 0 Å². The van der Waals surface area contributed by atoms with Gasteiger partial charge in [-0.1, -0.05) is 13.8 Å². The monoisotopic (exact) mass is 289 g/mol. The Morgan fingerprint density at radius 2 is 1.74 bits per heavy atom. The Bertz CT molecular complexity index is 554. The minimum absolute atomic E-state index is 0.136. The lowest BCUT2D eigenvalue weighted by atomic mass is 10.1. The molecule has 0 saturated heterocycles. The molecule has 0 aliphatic heterocycles. The van der Waals surface area contributed by atoms with Crippen LogP contribution in [0.1, 0.15) is 13.8 Å². The Morgan fingerprint density at radius 1 is 1.26 bits per heavy atom. The van der Waals surface area contributed by atoms with Crippen LogP contribution in [-0.4, -0.2) is 36.9 Å². The minimum Gasteiger partial charge on any atom is -0.480 e. The van der Waals surface area contributed by atoms with Crippen molar-refractivity contribution in [1.82, 2.24) is 4.31 Å². The van der Waals surface area contributed by atoms with Gasteiger partial charge in [-0.3, -0.25) is 4.79 Å². The predicted octanol–water partition coefficient (Wildman–Crippen LogP) is 1.56. The molecule has 0 bridgehead atoms. The molecular formula is C12H16FNO4S. The normalized spacial score (nSPS) is 13.8. The topological polar surface area (TPSA) is 74.7 Å². The molecule has 1 aromatic carbocycles. The van der Waals surface area contributed by atoms with E-state index in [1.807, 2.05) is 0 Å². The maximum atomic E-state index is 12.8. The van der Waals surface area contributed by atoms with Crippen LogP contribution in [0.5, 0.6) is 0 Å². The van der Waals surface area contributed by atoms with Crippen LogP contribution in [0.4, 0.5) is 4.39 Å². The zero-order chi connectivity index (χ0) is 14.8. The number of carboxylic acid groups (broad SMARTS) is 1. The fourth-order valence-electron chi connectivity index (χ4n) is 1.78. The molecule has 1 atom stereocenters. The summed E-state index contributed by atoms with van der Waals surface area (Å²) >= 11 is 0. The van der Waals surface area contributed by atoms with Crippen LogP contribution in [0.25, 0.3) is 0 Å². The fourth-order valence-corrected chi connectivity index (χ4v) is 3.23. The van der Waals surface area contributed by atoms with Crippen LogP contribution < -0.4 is 0 Å². The highest BCUT2D eigenvalue weighted by Gasteiger charge is 2.34. The first-order valence-corrected chi connectivity index (χ1v) is 7.08. The second-order valence-electron chi connectivity index (χ2n) is 4.50. The van der Waals surface area contributed by atoms with Gasteiger partial charge >= 0.3 is 5.97 Å². The fraction of sp³-hybridized carbons (Fsp3) is 0.417. The molecule has 19 heavy (non-hydrogen) atoms. The number of sulfonamides is 1.